The monoisotopic (exact) mass is 450 g/mol. The van der Waals surface area contributed by atoms with Gasteiger partial charge in [-0.15, -0.1) is 0 Å². The molecule has 0 saturated carbocycles. The number of amides is 1. The molecule has 0 aliphatic carbocycles. The van der Waals surface area contributed by atoms with Crippen LogP contribution in [0.25, 0.3) is 0 Å². The van der Waals surface area contributed by atoms with E-state index >= 15 is 0 Å². The van der Waals surface area contributed by atoms with Gasteiger partial charge in [0.2, 0.25) is 10.0 Å². The number of rotatable bonds is 5. The first-order chi connectivity index (χ1) is 14.2. The number of halogens is 1. The number of nitrogens with one attached hydrogen (secondary N) is 1. The Labute approximate surface area is 181 Å². The third kappa shape index (κ3) is 4.66. The number of para-hydroxylation sites is 1. The summed E-state index contributed by atoms with van der Waals surface area (Å²) in [6, 6.07) is 10.4. The van der Waals surface area contributed by atoms with Crippen LogP contribution in [0.5, 0.6) is 0 Å². The van der Waals surface area contributed by atoms with Gasteiger partial charge in [-0.1, -0.05) is 30.7 Å². The second kappa shape index (κ2) is 9.16. The first kappa shape index (κ1) is 22.3. The van der Waals surface area contributed by atoms with Crippen molar-refractivity contribution in [2.24, 2.45) is 5.92 Å². The van der Waals surface area contributed by atoms with Gasteiger partial charge in [-0.25, -0.2) is 13.2 Å². The van der Waals surface area contributed by atoms with E-state index in [2.05, 4.69) is 12.2 Å². The molecule has 1 fully saturated rings. The molecule has 7 nitrogen and oxygen atoms in total. The molecule has 3 rings (SSSR count). The van der Waals surface area contributed by atoms with Crippen molar-refractivity contribution in [3.63, 3.8) is 0 Å². The van der Waals surface area contributed by atoms with Crippen molar-refractivity contribution < 1.29 is 22.7 Å². The normalized spacial score (nSPS) is 15.6. The Morgan fingerprint density at radius 1 is 1.10 bits per heavy atom. The number of ether oxygens (including phenoxy) is 1. The Morgan fingerprint density at radius 2 is 1.77 bits per heavy atom. The Balaban J connectivity index is 1.89. The van der Waals surface area contributed by atoms with Crippen LogP contribution in [-0.4, -0.2) is 44.8 Å². The van der Waals surface area contributed by atoms with Gasteiger partial charge in [0.05, 0.1) is 33.8 Å². The fourth-order valence-corrected chi connectivity index (χ4v) is 4.98. The topological polar surface area (TPSA) is 92.8 Å². The van der Waals surface area contributed by atoms with E-state index < -0.39 is 21.9 Å². The van der Waals surface area contributed by atoms with Crippen LogP contribution in [0.1, 0.15) is 40.5 Å². The van der Waals surface area contributed by atoms with Crippen LogP contribution in [0.2, 0.25) is 5.02 Å². The van der Waals surface area contributed by atoms with Crippen LogP contribution in [0.3, 0.4) is 0 Å². The van der Waals surface area contributed by atoms with Gasteiger partial charge < -0.3 is 10.1 Å². The minimum atomic E-state index is -3.74. The average molecular weight is 451 g/mol. The maximum Gasteiger partial charge on any atom is 0.339 e. The summed E-state index contributed by atoms with van der Waals surface area (Å²) >= 11 is 6.18. The standard InChI is InChI=1S/C21H23ClN2O5S/c1-14-9-11-24(12-10-14)30(27,28)15-7-8-18(22)17(13-15)20(25)23-19-6-4-3-5-16(19)21(26)29-2/h3-8,13-14H,9-12H2,1-2H3,(H,23,25). The van der Waals surface area contributed by atoms with Crippen LogP contribution < -0.4 is 5.32 Å². The summed E-state index contributed by atoms with van der Waals surface area (Å²) in [5.41, 5.74) is 0.419. The summed E-state index contributed by atoms with van der Waals surface area (Å²) in [5.74, 6) is -0.744. The van der Waals surface area contributed by atoms with E-state index in [1.165, 1.54) is 35.7 Å². The van der Waals surface area contributed by atoms with Gasteiger partial charge in [-0.05, 0) is 49.1 Å². The molecule has 1 N–H and O–H groups in total. The SMILES string of the molecule is COC(=O)c1ccccc1NC(=O)c1cc(S(=O)(=O)N2CCC(C)CC2)ccc1Cl. The number of anilines is 1. The number of hydrogen-bond acceptors (Lipinski definition) is 5. The largest absolute Gasteiger partial charge is 0.465 e. The Kier molecular flexibility index (Phi) is 6.80. The minimum Gasteiger partial charge on any atom is -0.465 e. The third-order valence-electron chi connectivity index (χ3n) is 5.14. The third-order valence-corrected chi connectivity index (χ3v) is 7.37. The molecule has 30 heavy (non-hydrogen) atoms. The lowest BCUT2D eigenvalue weighted by Gasteiger charge is -2.29. The van der Waals surface area contributed by atoms with E-state index in [1.54, 1.807) is 18.2 Å². The summed E-state index contributed by atoms with van der Waals surface area (Å²) in [5, 5.41) is 2.72. The number of esters is 1. The average Bonchev–Trinajstić information content (AvgIpc) is 2.74. The zero-order valence-electron chi connectivity index (χ0n) is 16.7. The van der Waals surface area contributed by atoms with Gasteiger partial charge in [0.1, 0.15) is 0 Å². The highest BCUT2D eigenvalue weighted by Gasteiger charge is 2.29. The second-order valence-corrected chi connectivity index (χ2v) is 9.56. The summed E-state index contributed by atoms with van der Waals surface area (Å²) in [6.07, 6.45) is 1.59. The number of carbonyl (C=O) groups excluding carboxylic acids is 2. The van der Waals surface area contributed by atoms with Crippen molar-refractivity contribution in [1.82, 2.24) is 4.31 Å². The van der Waals surface area contributed by atoms with Gasteiger partial charge in [-0.3, -0.25) is 4.79 Å². The number of sulfonamides is 1. The predicted octanol–water partition coefficient (Wildman–Crippen LogP) is 3.80. The quantitative estimate of drug-likeness (QED) is 0.699. The molecule has 1 saturated heterocycles. The van der Waals surface area contributed by atoms with Crippen molar-refractivity contribution in [3.05, 3.63) is 58.6 Å². The molecule has 0 spiro atoms. The zero-order valence-corrected chi connectivity index (χ0v) is 18.3. The van der Waals surface area contributed by atoms with Crippen molar-refractivity contribution >= 4 is 39.2 Å². The molecule has 0 radical (unpaired) electrons. The fourth-order valence-electron chi connectivity index (χ4n) is 3.28. The highest BCUT2D eigenvalue weighted by molar-refractivity contribution is 7.89. The molecule has 9 heteroatoms. The summed E-state index contributed by atoms with van der Waals surface area (Å²) in [7, 11) is -2.49. The predicted molar refractivity (Wildman–Crippen MR) is 114 cm³/mol. The van der Waals surface area contributed by atoms with Crippen molar-refractivity contribution in [2.45, 2.75) is 24.7 Å². The van der Waals surface area contributed by atoms with Crippen LogP contribution in [0, 0.1) is 5.92 Å². The summed E-state index contributed by atoms with van der Waals surface area (Å²) < 4.78 is 32.2. The lowest BCUT2D eigenvalue weighted by molar-refractivity contribution is 0.0602. The molecule has 1 heterocycles. The molecule has 1 aliphatic heterocycles. The lowest BCUT2D eigenvalue weighted by atomic mass is 10.0. The van der Waals surface area contributed by atoms with Gasteiger partial charge in [-0.2, -0.15) is 4.31 Å². The Morgan fingerprint density at radius 3 is 2.43 bits per heavy atom. The Bertz CT molecular complexity index is 1060. The molecule has 1 amide bonds. The van der Waals surface area contributed by atoms with E-state index in [4.69, 9.17) is 16.3 Å². The van der Waals surface area contributed by atoms with Crippen molar-refractivity contribution in [2.75, 3.05) is 25.5 Å². The Hall–Kier alpha value is -2.42. The second-order valence-electron chi connectivity index (χ2n) is 7.22. The van der Waals surface area contributed by atoms with E-state index in [-0.39, 0.29) is 26.7 Å². The molecule has 160 valence electrons. The van der Waals surface area contributed by atoms with E-state index in [9.17, 15) is 18.0 Å². The minimum absolute atomic E-state index is 0.00258. The van der Waals surface area contributed by atoms with Crippen molar-refractivity contribution in [1.29, 1.82) is 0 Å². The maximum absolute atomic E-state index is 13.0. The van der Waals surface area contributed by atoms with Crippen LogP contribution in [0.15, 0.2) is 47.4 Å². The highest BCUT2D eigenvalue weighted by Crippen LogP contribution is 2.27. The smallest absolute Gasteiger partial charge is 0.339 e. The van der Waals surface area contributed by atoms with E-state index in [1.807, 2.05) is 0 Å². The molecule has 0 unspecified atom stereocenters. The molecular weight excluding hydrogens is 428 g/mol. The summed E-state index contributed by atoms with van der Waals surface area (Å²) in [4.78, 5) is 24.8. The molecule has 2 aromatic carbocycles. The van der Waals surface area contributed by atoms with Gasteiger partial charge >= 0.3 is 5.97 Å². The number of carbonyl (C=O) groups is 2. The fraction of sp³-hybridized carbons (Fsp3) is 0.333. The summed E-state index contributed by atoms with van der Waals surface area (Å²) in [6.45, 7) is 2.99. The van der Waals surface area contributed by atoms with E-state index in [0.717, 1.165) is 12.8 Å². The van der Waals surface area contributed by atoms with Crippen molar-refractivity contribution in [3.8, 4) is 0 Å². The van der Waals surface area contributed by atoms with E-state index in [0.29, 0.717) is 19.0 Å². The zero-order chi connectivity index (χ0) is 21.9. The van der Waals surface area contributed by atoms with Crippen LogP contribution >= 0.6 is 11.6 Å². The molecule has 1 aliphatic rings. The molecule has 0 bridgehead atoms. The molecule has 0 atom stereocenters. The van der Waals surface area contributed by atoms with Gasteiger partial charge in [0.15, 0.2) is 0 Å². The van der Waals surface area contributed by atoms with Gasteiger partial charge in [0.25, 0.3) is 5.91 Å². The number of hydrogen-bond donors (Lipinski definition) is 1. The first-order valence-corrected chi connectivity index (χ1v) is 11.3. The molecule has 2 aromatic rings. The van der Waals surface area contributed by atoms with Gasteiger partial charge in [0, 0.05) is 13.1 Å². The van der Waals surface area contributed by atoms with Crippen LogP contribution in [-0.2, 0) is 14.8 Å². The molecular formula is C21H23ClN2O5S. The number of methoxy groups -OCH3 is 1. The lowest BCUT2D eigenvalue weighted by Crippen LogP contribution is -2.37. The van der Waals surface area contributed by atoms with Crippen LogP contribution in [0.4, 0.5) is 5.69 Å². The number of benzene rings is 2. The molecule has 0 aromatic heterocycles. The maximum atomic E-state index is 13.0. The number of nitrogens with zero attached hydrogens (tertiary/aromatic N) is 1. The number of piperidine rings is 1. The highest BCUT2D eigenvalue weighted by atomic mass is 35.5. The first-order valence-electron chi connectivity index (χ1n) is 9.52.